The fourth-order valence-corrected chi connectivity index (χ4v) is 3.96. The fourth-order valence-electron chi connectivity index (χ4n) is 3.62. The maximum absolute atomic E-state index is 14.1. The van der Waals surface area contributed by atoms with Gasteiger partial charge >= 0.3 is 12.3 Å². The molecule has 0 unspecified atom stereocenters. The smallest absolute Gasteiger partial charge is 0.392 e. The molecule has 182 valence electrons. The molecule has 2 aromatic carbocycles. The number of aromatic nitrogens is 1. The molecule has 0 saturated carbocycles. The van der Waals surface area contributed by atoms with E-state index in [1.807, 2.05) is 20.8 Å². The molecule has 3 aromatic rings. The first kappa shape index (κ1) is 26.0. The van der Waals surface area contributed by atoms with Crippen LogP contribution in [0.15, 0.2) is 54.6 Å². The molecule has 1 amide bonds. The van der Waals surface area contributed by atoms with E-state index >= 15 is 0 Å². The second-order valence-corrected chi connectivity index (χ2v) is 10.1. The number of halogens is 5. The van der Waals surface area contributed by atoms with Crippen LogP contribution < -0.4 is 4.74 Å². The fraction of sp³-hybridized carbons (Fsp3) is 0.320. The zero-order valence-electron chi connectivity index (χ0n) is 19.2. The van der Waals surface area contributed by atoms with Gasteiger partial charge in [-0.3, -0.25) is 0 Å². The van der Waals surface area contributed by atoms with Gasteiger partial charge in [0.15, 0.2) is 0 Å². The van der Waals surface area contributed by atoms with Crippen molar-refractivity contribution in [3.05, 3.63) is 75.9 Å². The van der Waals surface area contributed by atoms with Crippen LogP contribution in [0.2, 0.25) is 10.0 Å². The van der Waals surface area contributed by atoms with Gasteiger partial charge in [0.25, 0.3) is 0 Å². The molecule has 0 N–H and O–H groups in total. The molecular weight excluding hydrogens is 488 g/mol. The van der Waals surface area contributed by atoms with Crippen LogP contribution in [0.4, 0.5) is 18.0 Å². The second kappa shape index (κ2) is 9.92. The lowest BCUT2D eigenvalue weighted by molar-refractivity contribution is -0.143. The highest BCUT2D eigenvalue weighted by molar-refractivity contribution is 6.30. The van der Waals surface area contributed by atoms with E-state index in [9.17, 15) is 18.0 Å². The number of benzene rings is 2. The van der Waals surface area contributed by atoms with Crippen LogP contribution in [0.1, 0.15) is 32.0 Å². The number of alkyl halides is 3. The normalized spacial score (nSPS) is 12.0. The van der Waals surface area contributed by atoms with Crippen molar-refractivity contribution in [1.29, 1.82) is 0 Å². The largest absolute Gasteiger partial charge is 0.431 e. The maximum atomic E-state index is 14.1. The minimum atomic E-state index is -4.69. The number of carbonyl (C=O) groups is 1. The van der Waals surface area contributed by atoms with Crippen molar-refractivity contribution in [3.63, 3.8) is 0 Å². The first-order valence-electron chi connectivity index (χ1n) is 10.5. The molecule has 3 rings (SSSR count). The summed E-state index contributed by atoms with van der Waals surface area (Å²) in [4.78, 5) is 14.3. The summed E-state index contributed by atoms with van der Waals surface area (Å²) >= 11 is 12.0. The quantitative estimate of drug-likeness (QED) is 0.347. The van der Waals surface area contributed by atoms with Crippen molar-refractivity contribution in [1.82, 2.24) is 9.47 Å². The first-order chi connectivity index (χ1) is 15.7. The molecule has 0 atom stereocenters. The van der Waals surface area contributed by atoms with E-state index in [0.717, 1.165) is 10.6 Å². The third kappa shape index (κ3) is 6.48. The van der Waals surface area contributed by atoms with Crippen molar-refractivity contribution >= 4 is 29.3 Å². The van der Waals surface area contributed by atoms with E-state index < -0.39 is 18.0 Å². The molecule has 0 aliphatic rings. The lowest BCUT2D eigenvalue weighted by atomic mass is 9.96. The molecule has 1 aromatic heterocycles. The first-order valence-corrected chi connectivity index (χ1v) is 11.2. The number of rotatable bonds is 5. The number of carbonyl (C=O) groups excluding carboxylic acids is 1. The molecule has 0 saturated heterocycles. The Hall–Kier alpha value is -2.64. The van der Waals surface area contributed by atoms with Gasteiger partial charge in [-0.15, -0.1) is 0 Å². The highest BCUT2D eigenvalue weighted by atomic mass is 35.5. The highest BCUT2D eigenvalue weighted by Crippen LogP contribution is 2.42. The third-order valence-electron chi connectivity index (χ3n) is 4.93. The van der Waals surface area contributed by atoms with Gasteiger partial charge in [0, 0.05) is 29.2 Å². The Morgan fingerprint density at radius 1 is 1.00 bits per heavy atom. The Bertz CT molecular complexity index is 1170. The van der Waals surface area contributed by atoms with Crippen LogP contribution >= 0.6 is 23.2 Å². The van der Waals surface area contributed by atoms with Gasteiger partial charge in [0.2, 0.25) is 5.88 Å². The van der Waals surface area contributed by atoms with Gasteiger partial charge in [-0.05, 0) is 46.9 Å². The molecule has 1 heterocycles. The average molecular weight is 513 g/mol. The Kier molecular flexibility index (Phi) is 7.58. The van der Waals surface area contributed by atoms with E-state index in [1.54, 1.807) is 55.6 Å². The predicted octanol–water partition coefficient (Wildman–Crippen LogP) is 8.01. The van der Waals surface area contributed by atoms with Crippen molar-refractivity contribution in [3.8, 4) is 17.0 Å². The number of amides is 1. The minimum absolute atomic E-state index is 0.128. The maximum Gasteiger partial charge on any atom is 0.431 e. The van der Waals surface area contributed by atoms with E-state index in [4.69, 9.17) is 27.9 Å². The summed E-state index contributed by atoms with van der Waals surface area (Å²) in [6.45, 7) is 5.98. The van der Waals surface area contributed by atoms with Crippen LogP contribution in [0.3, 0.4) is 0 Å². The summed E-state index contributed by atoms with van der Waals surface area (Å²) in [6.07, 6.45) is -5.45. The lowest BCUT2D eigenvalue weighted by Gasteiger charge is -2.26. The highest BCUT2D eigenvalue weighted by Gasteiger charge is 2.38. The molecule has 0 aliphatic carbocycles. The lowest BCUT2D eigenvalue weighted by Crippen LogP contribution is -2.36. The molecular formula is C25H25Cl2F3N2O2. The van der Waals surface area contributed by atoms with Crippen molar-refractivity contribution in [2.75, 3.05) is 13.6 Å². The van der Waals surface area contributed by atoms with Crippen molar-refractivity contribution in [2.24, 2.45) is 5.41 Å². The van der Waals surface area contributed by atoms with Crippen LogP contribution in [0.25, 0.3) is 11.1 Å². The molecule has 34 heavy (non-hydrogen) atoms. The van der Waals surface area contributed by atoms with Crippen LogP contribution in [-0.2, 0) is 12.7 Å². The van der Waals surface area contributed by atoms with Gasteiger partial charge in [-0.2, -0.15) is 13.2 Å². The van der Waals surface area contributed by atoms with E-state index in [0.29, 0.717) is 27.7 Å². The molecule has 4 nitrogen and oxygen atoms in total. The molecule has 0 spiro atoms. The number of hydrogen-bond donors (Lipinski definition) is 0. The van der Waals surface area contributed by atoms with Crippen LogP contribution in [0, 0.1) is 5.41 Å². The van der Waals surface area contributed by atoms with Crippen molar-refractivity contribution < 1.29 is 22.7 Å². The number of hydrogen-bond acceptors (Lipinski definition) is 2. The van der Waals surface area contributed by atoms with E-state index in [2.05, 4.69) is 0 Å². The zero-order chi connectivity index (χ0) is 25.3. The summed E-state index contributed by atoms with van der Waals surface area (Å²) in [5.74, 6) is -0.208. The summed E-state index contributed by atoms with van der Waals surface area (Å²) in [5, 5.41) is 0.821. The van der Waals surface area contributed by atoms with Gasteiger partial charge in [-0.25, -0.2) is 4.79 Å². The second-order valence-electron chi connectivity index (χ2n) is 9.25. The molecule has 0 radical (unpaired) electrons. The van der Waals surface area contributed by atoms with Gasteiger partial charge < -0.3 is 14.2 Å². The number of nitrogens with zero attached hydrogens (tertiary/aromatic N) is 2. The molecule has 9 heteroatoms. The summed E-state index contributed by atoms with van der Waals surface area (Å²) in [7, 11) is 1.55. The topological polar surface area (TPSA) is 34.5 Å². The Balaban J connectivity index is 2.16. The Morgan fingerprint density at radius 2 is 1.65 bits per heavy atom. The predicted molar refractivity (Wildman–Crippen MR) is 129 cm³/mol. The summed E-state index contributed by atoms with van der Waals surface area (Å²) < 4.78 is 48.9. The van der Waals surface area contributed by atoms with Crippen LogP contribution in [-0.4, -0.2) is 29.2 Å². The Morgan fingerprint density at radius 3 is 2.21 bits per heavy atom. The molecule has 0 aliphatic heterocycles. The van der Waals surface area contributed by atoms with E-state index in [-0.39, 0.29) is 23.4 Å². The summed E-state index contributed by atoms with van der Waals surface area (Å²) in [6, 6.07) is 13.8. The zero-order valence-corrected chi connectivity index (χ0v) is 20.7. The number of ether oxygens (including phenoxy) is 1. The van der Waals surface area contributed by atoms with Gasteiger partial charge in [0.05, 0.1) is 6.54 Å². The van der Waals surface area contributed by atoms with Crippen molar-refractivity contribution in [2.45, 2.75) is 33.5 Å². The van der Waals surface area contributed by atoms with Gasteiger partial charge in [-0.1, -0.05) is 68.2 Å². The summed E-state index contributed by atoms with van der Waals surface area (Å²) in [5.41, 5.74) is -0.0907. The van der Waals surface area contributed by atoms with Gasteiger partial charge in [0.1, 0.15) is 5.69 Å². The standard InChI is InChI=1S/C25H25Cl2F3N2O2/c1-24(2,3)15-31(4)23(33)34-22-20(17-8-10-18(26)11-9-17)13-21(25(28,29)30)32(22)14-16-6-5-7-19(27)12-16/h5-13H,14-15H2,1-4H3. The average Bonchev–Trinajstić information content (AvgIpc) is 3.05. The van der Waals surface area contributed by atoms with E-state index in [1.165, 1.54) is 4.90 Å². The molecule has 0 fully saturated rings. The monoisotopic (exact) mass is 512 g/mol. The molecule has 0 bridgehead atoms. The Labute approximate surface area is 206 Å². The minimum Gasteiger partial charge on any atom is -0.392 e. The third-order valence-corrected chi connectivity index (χ3v) is 5.42. The van der Waals surface area contributed by atoms with Crippen LogP contribution in [0.5, 0.6) is 5.88 Å². The SMILES string of the molecule is CN(CC(C)(C)C)C(=O)Oc1c(-c2ccc(Cl)cc2)cc(C(F)(F)F)n1Cc1cccc(Cl)c1.